The van der Waals surface area contributed by atoms with Crippen molar-refractivity contribution < 1.29 is 26.2 Å². The molecule has 0 spiro atoms. The summed E-state index contributed by atoms with van der Waals surface area (Å²) in [5, 5.41) is 0. The smallest absolute Gasteiger partial charge is 0 e. The summed E-state index contributed by atoms with van der Waals surface area (Å²) in [6.07, 6.45) is 0. The zero-order valence-electron chi connectivity index (χ0n) is 2.08. The zero-order valence-corrected chi connectivity index (χ0v) is 5.69. The second kappa shape index (κ2) is 25.7. The van der Waals surface area contributed by atoms with E-state index in [1.54, 1.807) is 0 Å². The van der Waals surface area contributed by atoms with Crippen LogP contribution in [0, 0.1) is 14.9 Å². The molecular formula is C2AlZr. The minimum absolute atomic E-state index is 0. The first-order valence-electron chi connectivity index (χ1n) is 0. The Bertz CT molecular complexity index is 6.00. The van der Waals surface area contributed by atoms with Gasteiger partial charge >= 0.3 is 0 Å². The summed E-state index contributed by atoms with van der Waals surface area (Å²) < 4.78 is 0. The van der Waals surface area contributed by atoms with Gasteiger partial charge in [0.1, 0.15) is 0 Å². The molecule has 0 aromatic rings. The molecule has 0 atom stereocenters. The van der Waals surface area contributed by atoms with E-state index in [1.165, 1.54) is 0 Å². The number of rotatable bonds is 0. The molecule has 11 radical (unpaired) electrons. The number of hydrogen-bond donors (Lipinski definition) is 0. The molecule has 0 bridgehead atoms. The molecule has 15 valence electrons. The van der Waals surface area contributed by atoms with Crippen LogP contribution in [0.1, 0.15) is 0 Å². The van der Waals surface area contributed by atoms with E-state index in [0.717, 1.165) is 0 Å². The Morgan fingerprint density at radius 2 is 0.750 bits per heavy atom. The van der Waals surface area contributed by atoms with Gasteiger partial charge < -0.3 is 0 Å². The molecule has 0 amide bonds. The largest absolute Gasteiger partial charge is 0 e. The SMILES string of the molecule is [Al].[C].[C].[Zr]. The normalized spacial score (nSPS) is 0. The summed E-state index contributed by atoms with van der Waals surface area (Å²) in [7, 11) is 0. The van der Waals surface area contributed by atoms with E-state index >= 15 is 0 Å². The quantitative estimate of drug-likeness (QED) is 0.410. The van der Waals surface area contributed by atoms with Crippen molar-refractivity contribution in [1.82, 2.24) is 0 Å². The zero-order chi connectivity index (χ0) is 0. The average Bonchev–Trinajstić information content (AvgIpc) is 0. The van der Waals surface area contributed by atoms with Crippen molar-refractivity contribution in [2.75, 3.05) is 0 Å². The fraction of sp³-hybridized carbons (Fsp3) is 0. The monoisotopic (exact) mass is 141 g/mol. The van der Waals surface area contributed by atoms with Gasteiger partial charge in [-0.3, -0.25) is 0 Å². The first-order chi connectivity index (χ1) is 0. The van der Waals surface area contributed by atoms with Gasteiger partial charge in [0.15, 0.2) is 0 Å². The van der Waals surface area contributed by atoms with Crippen LogP contribution >= 0.6 is 0 Å². The molecule has 0 saturated heterocycles. The van der Waals surface area contributed by atoms with Crippen LogP contribution in [-0.4, -0.2) is 17.4 Å². The maximum atomic E-state index is 0. The van der Waals surface area contributed by atoms with Crippen LogP contribution in [-0.2, 0) is 26.2 Å². The van der Waals surface area contributed by atoms with Crippen molar-refractivity contribution in [2.45, 2.75) is 0 Å². The van der Waals surface area contributed by atoms with E-state index in [-0.39, 0.29) is 58.4 Å². The number of hydrogen-bond acceptors (Lipinski definition) is 0. The van der Waals surface area contributed by atoms with Gasteiger partial charge in [-0.1, -0.05) is 0 Å². The van der Waals surface area contributed by atoms with Gasteiger partial charge in [-0.2, -0.15) is 0 Å². The molecule has 0 N–H and O–H groups in total. The molecule has 0 aromatic heterocycles. The van der Waals surface area contributed by atoms with Crippen molar-refractivity contribution in [3.8, 4) is 0 Å². The molecule has 0 nitrogen and oxygen atoms in total. The molecule has 0 aliphatic carbocycles. The van der Waals surface area contributed by atoms with Crippen molar-refractivity contribution in [2.24, 2.45) is 0 Å². The third-order valence-electron chi connectivity index (χ3n) is 0. The van der Waals surface area contributed by atoms with Crippen LogP contribution in [0.4, 0.5) is 0 Å². The molecule has 2 heteroatoms. The standard InChI is InChI=1S/2C.Al.Zr. The van der Waals surface area contributed by atoms with E-state index in [4.69, 9.17) is 0 Å². The first-order valence-corrected chi connectivity index (χ1v) is 0. The van der Waals surface area contributed by atoms with Gasteiger partial charge in [0.2, 0.25) is 0 Å². The second-order valence-electron chi connectivity index (χ2n) is 0. The second-order valence-corrected chi connectivity index (χ2v) is 0. The Balaban J connectivity index is 0. The van der Waals surface area contributed by atoms with Gasteiger partial charge in [-0.05, 0) is 0 Å². The summed E-state index contributed by atoms with van der Waals surface area (Å²) >= 11 is 0. The summed E-state index contributed by atoms with van der Waals surface area (Å²) in [6.45, 7) is 0. The Hall–Kier alpha value is 1.42. The molecule has 0 rings (SSSR count). The topological polar surface area (TPSA) is 0 Å². The molecule has 0 fully saturated rings. The maximum Gasteiger partial charge on any atom is 0 e. The summed E-state index contributed by atoms with van der Waals surface area (Å²) in [5.74, 6) is 0. The minimum atomic E-state index is 0. The third kappa shape index (κ3) is 9.95. The van der Waals surface area contributed by atoms with Crippen LogP contribution < -0.4 is 0 Å². The van der Waals surface area contributed by atoms with Gasteiger partial charge in [-0.15, -0.1) is 0 Å². The summed E-state index contributed by atoms with van der Waals surface area (Å²) in [5.41, 5.74) is 0. The molecular weight excluding hydrogens is 142 g/mol. The van der Waals surface area contributed by atoms with Crippen molar-refractivity contribution in [3.05, 3.63) is 14.9 Å². The van der Waals surface area contributed by atoms with Crippen molar-refractivity contribution in [3.63, 3.8) is 0 Å². The van der Waals surface area contributed by atoms with Gasteiger partial charge in [0, 0.05) is 58.4 Å². The molecule has 0 aromatic carbocycles. The van der Waals surface area contributed by atoms with E-state index in [0.29, 0.717) is 0 Å². The predicted octanol–water partition coefficient (Wildman–Crippen LogP) is -0.221. The third-order valence-corrected chi connectivity index (χ3v) is 0. The predicted molar refractivity (Wildman–Crippen MR) is 12.2 cm³/mol. The minimum Gasteiger partial charge on any atom is 0 e. The fourth-order valence-corrected chi connectivity index (χ4v) is 0. The Labute approximate surface area is 58.2 Å². The summed E-state index contributed by atoms with van der Waals surface area (Å²) in [4.78, 5) is 0. The van der Waals surface area contributed by atoms with Crippen LogP contribution in [0.15, 0.2) is 0 Å². The van der Waals surface area contributed by atoms with Crippen molar-refractivity contribution in [1.29, 1.82) is 0 Å². The Morgan fingerprint density at radius 1 is 0.750 bits per heavy atom. The first kappa shape index (κ1) is 52.7. The van der Waals surface area contributed by atoms with Crippen LogP contribution in [0.3, 0.4) is 0 Å². The molecule has 0 unspecified atom stereocenters. The van der Waals surface area contributed by atoms with Crippen LogP contribution in [0.2, 0.25) is 0 Å². The molecule has 0 aliphatic heterocycles. The van der Waals surface area contributed by atoms with E-state index in [2.05, 4.69) is 0 Å². The molecule has 4 heavy (non-hydrogen) atoms. The molecule has 0 aliphatic rings. The van der Waals surface area contributed by atoms with Crippen LogP contribution in [0.5, 0.6) is 0 Å². The Kier molecular flexibility index (Phi) is 339. The van der Waals surface area contributed by atoms with E-state index in [1.807, 2.05) is 0 Å². The van der Waals surface area contributed by atoms with Gasteiger partial charge in [0.25, 0.3) is 0 Å². The van der Waals surface area contributed by atoms with E-state index in [9.17, 15) is 0 Å². The average molecular weight is 142 g/mol. The maximum absolute atomic E-state index is 0. The van der Waals surface area contributed by atoms with Gasteiger partial charge in [0.05, 0.1) is 0 Å². The summed E-state index contributed by atoms with van der Waals surface area (Å²) in [6, 6.07) is 0. The fourth-order valence-electron chi connectivity index (χ4n) is 0. The molecule has 0 heterocycles. The Morgan fingerprint density at radius 3 is 0.750 bits per heavy atom. The van der Waals surface area contributed by atoms with Gasteiger partial charge in [-0.25, -0.2) is 0 Å². The van der Waals surface area contributed by atoms with E-state index < -0.39 is 0 Å². The van der Waals surface area contributed by atoms with Crippen molar-refractivity contribution >= 4 is 17.4 Å². The van der Waals surface area contributed by atoms with Crippen LogP contribution in [0.25, 0.3) is 0 Å². The molecule has 0 saturated carbocycles.